The van der Waals surface area contributed by atoms with Crippen LogP contribution in [0, 0.1) is 0 Å². The van der Waals surface area contributed by atoms with Gasteiger partial charge in [-0.3, -0.25) is 4.79 Å². The molecule has 4 rings (SSSR count). The zero-order chi connectivity index (χ0) is 19.9. The van der Waals surface area contributed by atoms with Gasteiger partial charge in [0.25, 0.3) is 5.91 Å². The molecule has 0 aliphatic carbocycles. The second-order valence-corrected chi connectivity index (χ2v) is 10.6. The number of fused-ring (bicyclic) bond motifs is 1. The lowest BCUT2D eigenvalue weighted by Gasteiger charge is -2.33. The van der Waals surface area contributed by atoms with E-state index in [4.69, 9.17) is 4.74 Å². The van der Waals surface area contributed by atoms with Crippen molar-refractivity contribution < 1.29 is 17.9 Å². The molecule has 3 aliphatic rings. The van der Waals surface area contributed by atoms with Crippen molar-refractivity contribution in [3.8, 4) is 0 Å². The van der Waals surface area contributed by atoms with E-state index < -0.39 is 15.3 Å². The number of nitrogens with zero attached hydrogens (tertiary/aromatic N) is 5. The van der Waals surface area contributed by atoms with Crippen LogP contribution in [0.25, 0.3) is 0 Å². The van der Waals surface area contributed by atoms with Crippen LogP contribution in [0.4, 0.5) is 0 Å². The van der Waals surface area contributed by atoms with Crippen LogP contribution in [0.3, 0.4) is 0 Å². The lowest BCUT2D eigenvalue weighted by atomic mass is 9.97. The van der Waals surface area contributed by atoms with Gasteiger partial charge < -0.3 is 14.2 Å². The van der Waals surface area contributed by atoms with Crippen molar-refractivity contribution in [2.24, 2.45) is 0 Å². The first-order valence-corrected chi connectivity index (χ1v) is 11.7. The van der Waals surface area contributed by atoms with E-state index in [2.05, 4.69) is 14.8 Å². The molecule has 1 amide bonds. The molecular formula is C18H29N5O4S. The Balaban J connectivity index is 1.41. The van der Waals surface area contributed by atoms with Crippen LogP contribution in [0.5, 0.6) is 0 Å². The molecule has 0 N–H and O–H groups in total. The molecule has 0 aromatic carbocycles. The monoisotopic (exact) mass is 411 g/mol. The summed E-state index contributed by atoms with van der Waals surface area (Å²) in [6, 6.07) is 0. The van der Waals surface area contributed by atoms with Crippen LogP contribution < -0.4 is 0 Å². The molecule has 3 aliphatic heterocycles. The third-order valence-electron chi connectivity index (χ3n) is 6.07. The van der Waals surface area contributed by atoms with Gasteiger partial charge in [0.2, 0.25) is 10.0 Å². The van der Waals surface area contributed by atoms with E-state index in [-0.39, 0.29) is 17.9 Å². The highest BCUT2D eigenvalue weighted by Gasteiger charge is 2.35. The maximum atomic E-state index is 12.6. The summed E-state index contributed by atoms with van der Waals surface area (Å²) < 4.78 is 34.0. The minimum Gasteiger partial charge on any atom is -0.368 e. The van der Waals surface area contributed by atoms with Crippen molar-refractivity contribution in [2.45, 2.75) is 69.9 Å². The Morgan fingerprint density at radius 1 is 1.11 bits per heavy atom. The van der Waals surface area contributed by atoms with Crippen molar-refractivity contribution in [3.63, 3.8) is 0 Å². The average Bonchev–Trinajstić information content (AvgIpc) is 3.37. The largest absolute Gasteiger partial charge is 0.368 e. The van der Waals surface area contributed by atoms with Crippen molar-refractivity contribution in [2.75, 3.05) is 26.2 Å². The summed E-state index contributed by atoms with van der Waals surface area (Å²) in [5.41, 5.74) is 0. The molecule has 1 aromatic rings. The summed E-state index contributed by atoms with van der Waals surface area (Å²) in [6.45, 7) is 6.94. The number of hydrogen-bond acceptors (Lipinski definition) is 6. The zero-order valence-corrected chi connectivity index (χ0v) is 17.4. The van der Waals surface area contributed by atoms with Crippen LogP contribution in [-0.4, -0.2) is 75.9 Å². The summed E-state index contributed by atoms with van der Waals surface area (Å²) in [5.74, 6) is 2.01. The maximum absolute atomic E-state index is 12.6. The minimum atomic E-state index is -3.20. The molecule has 10 heteroatoms. The Morgan fingerprint density at radius 2 is 1.86 bits per heavy atom. The summed E-state index contributed by atoms with van der Waals surface area (Å²) in [4.78, 5) is 14.4. The molecule has 1 unspecified atom stereocenters. The van der Waals surface area contributed by atoms with Crippen molar-refractivity contribution in [1.82, 2.24) is 24.0 Å². The highest BCUT2D eigenvalue weighted by Crippen LogP contribution is 2.30. The molecule has 1 aromatic heterocycles. The lowest BCUT2D eigenvalue weighted by Crippen LogP contribution is -2.44. The third kappa shape index (κ3) is 3.57. The second kappa shape index (κ2) is 7.72. The fourth-order valence-corrected chi connectivity index (χ4v) is 5.63. The second-order valence-electron chi connectivity index (χ2n) is 8.15. The number of sulfonamides is 1. The fourth-order valence-electron chi connectivity index (χ4n) is 4.31. The first-order valence-electron chi connectivity index (χ1n) is 10.2. The molecule has 0 bridgehead atoms. The van der Waals surface area contributed by atoms with Gasteiger partial charge in [-0.05, 0) is 39.5 Å². The van der Waals surface area contributed by atoms with E-state index in [1.165, 1.54) is 0 Å². The summed E-state index contributed by atoms with van der Waals surface area (Å²) in [7, 11) is -3.20. The average molecular weight is 412 g/mol. The Bertz CT molecular complexity index is 823. The van der Waals surface area contributed by atoms with Gasteiger partial charge in [0.15, 0.2) is 5.82 Å². The number of hydrogen-bond donors (Lipinski definition) is 0. The van der Waals surface area contributed by atoms with Crippen LogP contribution in [0.1, 0.15) is 57.1 Å². The van der Waals surface area contributed by atoms with E-state index in [9.17, 15) is 13.2 Å². The zero-order valence-electron chi connectivity index (χ0n) is 16.6. The molecule has 1 atom stereocenters. The number of amides is 1. The summed E-state index contributed by atoms with van der Waals surface area (Å²) >= 11 is 0. The predicted octanol–water partition coefficient (Wildman–Crippen LogP) is 0.717. The molecule has 28 heavy (non-hydrogen) atoms. The van der Waals surface area contributed by atoms with Crippen LogP contribution >= 0.6 is 0 Å². The lowest BCUT2D eigenvalue weighted by molar-refractivity contribution is -0.142. The van der Waals surface area contributed by atoms with Gasteiger partial charge in [0, 0.05) is 38.7 Å². The number of piperidine rings is 1. The van der Waals surface area contributed by atoms with E-state index in [0.29, 0.717) is 39.3 Å². The number of rotatable bonds is 4. The molecular weight excluding hydrogens is 382 g/mol. The predicted molar refractivity (Wildman–Crippen MR) is 102 cm³/mol. The third-order valence-corrected chi connectivity index (χ3v) is 8.35. The molecule has 2 fully saturated rings. The Labute approximate surface area is 166 Å². The quantitative estimate of drug-likeness (QED) is 0.724. The van der Waals surface area contributed by atoms with Gasteiger partial charge in [0.1, 0.15) is 11.9 Å². The van der Waals surface area contributed by atoms with Crippen LogP contribution in [0.2, 0.25) is 0 Å². The van der Waals surface area contributed by atoms with Gasteiger partial charge in [-0.1, -0.05) is 0 Å². The summed E-state index contributed by atoms with van der Waals surface area (Å²) in [5, 5.41) is 8.35. The Morgan fingerprint density at radius 3 is 2.50 bits per heavy atom. The highest BCUT2D eigenvalue weighted by atomic mass is 32.2. The number of carbonyl (C=O) groups excluding carboxylic acids is 1. The molecule has 9 nitrogen and oxygen atoms in total. The SMILES string of the molecule is CC(C)S(=O)(=O)N1CCC(c2nnc3n2CCN(C(=O)C2CCCO2)C3)CC1. The van der Waals surface area contributed by atoms with E-state index >= 15 is 0 Å². The van der Waals surface area contributed by atoms with E-state index in [1.54, 1.807) is 18.2 Å². The van der Waals surface area contributed by atoms with E-state index in [1.807, 2.05) is 4.90 Å². The Kier molecular flexibility index (Phi) is 5.45. The highest BCUT2D eigenvalue weighted by molar-refractivity contribution is 7.89. The molecule has 4 heterocycles. The number of aromatic nitrogens is 3. The number of carbonyl (C=O) groups is 1. The van der Waals surface area contributed by atoms with E-state index in [0.717, 1.165) is 37.3 Å². The van der Waals surface area contributed by atoms with Crippen LogP contribution in [0.15, 0.2) is 0 Å². The molecule has 0 spiro atoms. The van der Waals surface area contributed by atoms with Gasteiger partial charge in [-0.25, -0.2) is 12.7 Å². The van der Waals surface area contributed by atoms with Gasteiger partial charge >= 0.3 is 0 Å². The standard InChI is InChI=1S/C18H29N5O4S/c1-13(2)28(25,26)22-7-5-14(6-8-22)17-20-19-16-12-21(9-10-23(16)17)18(24)15-4-3-11-27-15/h13-15H,3-12H2,1-2H3. The maximum Gasteiger partial charge on any atom is 0.252 e. The number of ether oxygens (including phenoxy) is 1. The van der Waals surface area contributed by atoms with Gasteiger partial charge in [-0.15, -0.1) is 10.2 Å². The van der Waals surface area contributed by atoms with Gasteiger partial charge in [0.05, 0.1) is 11.8 Å². The smallest absolute Gasteiger partial charge is 0.252 e. The van der Waals surface area contributed by atoms with Crippen LogP contribution in [-0.2, 0) is 32.6 Å². The van der Waals surface area contributed by atoms with Crippen molar-refractivity contribution in [3.05, 3.63) is 11.6 Å². The topological polar surface area (TPSA) is 97.6 Å². The minimum absolute atomic E-state index is 0.0560. The van der Waals surface area contributed by atoms with Crippen molar-refractivity contribution in [1.29, 1.82) is 0 Å². The molecule has 0 saturated carbocycles. The first kappa shape index (κ1) is 19.8. The molecule has 156 valence electrons. The fraction of sp³-hybridized carbons (Fsp3) is 0.833. The first-order chi connectivity index (χ1) is 13.4. The normalized spacial score (nSPS) is 24.7. The Hall–Kier alpha value is -1.52. The van der Waals surface area contributed by atoms with Gasteiger partial charge in [-0.2, -0.15) is 0 Å². The molecule has 2 saturated heterocycles. The summed E-state index contributed by atoms with van der Waals surface area (Å²) in [6.07, 6.45) is 2.94. The van der Waals surface area contributed by atoms with Crippen molar-refractivity contribution >= 4 is 15.9 Å². The molecule has 0 radical (unpaired) electrons.